The number of rotatable bonds is 1. The van der Waals surface area contributed by atoms with E-state index in [1.54, 1.807) is 4.90 Å². The van der Waals surface area contributed by atoms with Gasteiger partial charge in [0.1, 0.15) is 0 Å². The number of hydrogen-bond donors (Lipinski definition) is 0. The van der Waals surface area contributed by atoms with Crippen LogP contribution in [0.5, 0.6) is 0 Å². The van der Waals surface area contributed by atoms with Gasteiger partial charge in [-0.2, -0.15) is 0 Å². The lowest BCUT2D eigenvalue weighted by atomic mass is 9.90. The zero-order valence-corrected chi connectivity index (χ0v) is 11.6. The summed E-state index contributed by atoms with van der Waals surface area (Å²) in [7, 11) is 1.44. The predicted octanol–water partition coefficient (Wildman–Crippen LogP) is 3.66. The summed E-state index contributed by atoms with van der Waals surface area (Å²) in [6.45, 7) is 5.60. The predicted molar refractivity (Wildman–Crippen MR) is 73.7 cm³/mol. The largest absolute Gasteiger partial charge is 0.453 e. The molecule has 3 nitrogen and oxygen atoms in total. The van der Waals surface area contributed by atoms with E-state index in [0.717, 1.165) is 25.9 Å². The Morgan fingerprint density at radius 2 is 1.72 bits per heavy atom. The minimum atomic E-state index is -0.202. The van der Waals surface area contributed by atoms with Crippen LogP contribution in [-0.4, -0.2) is 31.2 Å². The number of hydrogen-bond acceptors (Lipinski definition) is 2. The minimum Gasteiger partial charge on any atom is -0.453 e. The fourth-order valence-corrected chi connectivity index (χ4v) is 2.25. The normalized spacial score (nSPS) is 15.6. The molecule has 1 aliphatic heterocycles. The number of piperidine rings is 1. The number of likely N-dealkylation sites (tertiary alicyclic amines) is 1. The molecular formula is C15H23NO2. The van der Waals surface area contributed by atoms with Crippen LogP contribution in [0.25, 0.3) is 0 Å². The molecule has 0 radical (unpaired) electrons. The molecular weight excluding hydrogens is 226 g/mol. The number of methoxy groups -OCH3 is 1. The van der Waals surface area contributed by atoms with E-state index in [-0.39, 0.29) is 6.09 Å². The molecule has 0 unspecified atom stereocenters. The van der Waals surface area contributed by atoms with Crippen LogP contribution in [0.4, 0.5) is 4.79 Å². The summed E-state index contributed by atoms with van der Waals surface area (Å²) < 4.78 is 4.72. The van der Waals surface area contributed by atoms with Crippen molar-refractivity contribution in [1.29, 1.82) is 0 Å². The Morgan fingerprint density at radius 3 is 2.22 bits per heavy atom. The molecule has 1 heterocycles. The molecule has 1 aromatic rings. The lowest BCUT2D eigenvalue weighted by molar-refractivity contribution is 0.112. The van der Waals surface area contributed by atoms with Crippen LogP contribution in [0.15, 0.2) is 30.3 Å². The fourth-order valence-electron chi connectivity index (χ4n) is 2.25. The summed E-state index contributed by atoms with van der Waals surface area (Å²) in [4.78, 5) is 13.1. The van der Waals surface area contributed by atoms with E-state index in [4.69, 9.17) is 4.74 Å². The third-order valence-corrected chi connectivity index (χ3v) is 3.20. The van der Waals surface area contributed by atoms with E-state index >= 15 is 0 Å². The van der Waals surface area contributed by atoms with Gasteiger partial charge < -0.3 is 9.64 Å². The molecule has 0 N–H and O–H groups in total. The molecule has 1 aliphatic rings. The summed E-state index contributed by atoms with van der Waals surface area (Å²) in [5.74, 6) is 0.585. The van der Waals surface area contributed by atoms with Gasteiger partial charge in [0.25, 0.3) is 0 Å². The molecule has 0 bridgehead atoms. The average Bonchev–Trinajstić information content (AvgIpc) is 2.49. The highest BCUT2D eigenvalue weighted by Crippen LogP contribution is 2.27. The van der Waals surface area contributed by atoms with Crippen molar-refractivity contribution in [3.8, 4) is 0 Å². The highest BCUT2D eigenvalue weighted by Gasteiger charge is 2.23. The van der Waals surface area contributed by atoms with Crippen molar-refractivity contribution < 1.29 is 9.53 Å². The fraction of sp³-hybridized carbons (Fsp3) is 0.533. The third kappa shape index (κ3) is 3.76. The van der Waals surface area contributed by atoms with Gasteiger partial charge in [0.2, 0.25) is 0 Å². The Kier molecular flexibility index (Phi) is 6.26. The molecule has 1 saturated heterocycles. The first-order chi connectivity index (χ1) is 8.81. The lowest BCUT2D eigenvalue weighted by Crippen LogP contribution is -2.37. The monoisotopic (exact) mass is 249 g/mol. The molecule has 0 aromatic heterocycles. The third-order valence-electron chi connectivity index (χ3n) is 3.20. The Bertz CT molecular complexity index is 343. The minimum absolute atomic E-state index is 0.202. The van der Waals surface area contributed by atoms with E-state index in [1.807, 2.05) is 19.9 Å². The molecule has 18 heavy (non-hydrogen) atoms. The number of carbonyl (C=O) groups is 1. The van der Waals surface area contributed by atoms with Gasteiger partial charge in [-0.15, -0.1) is 0 Å². The summed E-state index contributed by atoms with van der Waals surface area (Å²) in [6.07, 6.45) is 1.85. The Morgan fingerprint density at radius 1 is 1.17 bits per heavy atom. The molecule has 0 saturated carbocycles. The van der Waals surface area contributed by atoms with Crippen molar-refractivity contribution in [3.63, 3.8) is 0 Å². The SMILES string of the molecule is CC.COC(=O)N1CCC(c2ccccc2)CC1. The van der Waals surface area contributed by atoms with Crippen LogP contribution in [-0.2, 0) is 4.74 Å². The highest BCUT2D eigenvalue weighted by molar-refractivity contribution is 5.67. The number of amides is 1. The molecule has 0 spiro atoms. The van der Waals surface area contributed by atoms with Crippen LogP contribution in [0.1, 0.15) is 38.2 Å². The summed E-state index contributed by atoms with van der Waals surface area (Å²) in [6, 6.07) is 10.5. The molecule has 1 aromatic carbocycles. The molecule has 2 rings (SSSR count). The molecule has 0 aliphatic carbocycles. The molecule has 100 valence electrons. The Labute approximate surface area is 110 Å². The van der Waals surface area contributed by atoms with Crippen LogP contribution >= 0.6 is 0 Å². The van der Waals surface area contributed by atoms with Gasteiger partial charge in [-0.1, -0.05) is 44.2 Å². The van der Waals surface area contributed by atoms with Crippen molar-refractivity contribution >= 4 is 6.09 Å². The number of ether oxygens (including phenoxy) is 1. The number of carbonyl (C=O) groups excluding carboxylic acids is 1. The molecule has 1 amide bonds. The van der Waals surface area contributed by atoms with Gasteiger partial charge in [-0.3, -0.25) is 0 Å². The van der Waals surface area contributed by atoms with Gasteiger partial charge in [0.05, 0.1) is 7.11 Å². The van der Waals surface area contributed by atoms with Crippen molar-refractivity contribution in [2.75, 3.05) is 20.2 Å². The van der Waals surface area contributed by atoms with Crippen molar-refractivity contribution in [2.45, 2.75) is 32.6 Å². The number of benzene rings is 1. The second kappa shape index (κ2) is 7.75. The molecule has 3 heteroatoms. The quantitative estimate of drug-likeness (QED) is 0.760. The van der Waals surface area contributed by atoms with Gasteiger partial charge in [-0.25, -0.2) is 4.79 Å². The van der Waals surface area contributed by atoms with Crippen LogP contribution in [0.2, 0.25) is 0 Å². The van der Waals surface area contributed by atoms with Crippen molar-refractivity contribution in [1.82, 2.24) is 4.90 Å². The van der Waals surface area contributed by atoms with E-state index in [1.165, 1.54) is 12.7 Å². The number of nitrogens with zero attached hydrogens (tertiary/aromatic N) is 1. The van der Waals surface area contributed by atoms with E-state index in [2.05, 4.69) is 24.3 Å². The summed E-state index contributed by atoms with van der Waals surface area (Å²) in [5, 5.41) is 0. The van der Waals surface area contributed by atoms with E-state index in [0.29, 0.717) is 5.92 Å². The van der Waals surface area contributed by atoms with Gasteiger partial charge >= 0.3 is 6.09 Å². The lowest BCUT2D eigenvalue weighted by Gasteiger charge is -2.31. The Balaban J connectivity index is 0.000000771. The maximum atomic E-state index is 11.3. The van der Waals surface area contributed by atoms with Gasteiger partial charge in [0.15, 0.2) is 0 Å². The molecule has 0 atom stereocenters. The topological polar surface area (TPSA) is 29.5 Å². The second-order valence-corrected chi connectivity index (χ2v) is 4.14. The maximum absolute atomic E-state index is 11.3. The standard InChI is InChI=1S/C13H17NO2.C2H6/c1-16-13(15)14-9-7-12(8-10-14)11-5-3-2-4-6-11;1-2/h2-6,12H,7-10H2,1H3;1-2H3. The zero-order chi connectivity index (χ0) is 13.4. The summed E-state index contributed by atoms with van der Waals surface area (Å²) in [5.41, 5.74) is 1.38. The maximum Gasteiger partial charge on any atom is 0.409 e. The first-order valence-corrected chi connectivity index (χ1v) is 6.69. The van der Waals surface area contributed by atoms with Gasteiger partial charge in [-0.05, 0) is 24.3 Å². The first kappa shape index (κ1) is 14.6. The molecule has 1 fully saturated rings. The summed E-state index contributed by atoms with van der Waals surface area (Å²) >= 11 is 0. The second-order valence-electron chi connectivity index (χ2n) is 4.14. The van der Waals surface area contributed by atoms with E-state index in [9.17, 15) is 4.79 Å². The van der Waals surface area contributed by atoms with Crippen LogP contribution in [0.3, 0.4) is 0 Å². The van der Waals surface area contributed by atoms with Crippen molar-refractivity contribution in [3.05, 3.63) is 35.9 Å². The zero-order valence-electron chi connectivity index (χ0n) is 11.6. The van der Waals surface area contributed by atoms with Crippen LogP contribution < -0.4 is 0 Å². The van der Waals surface area contributed by atoms with Crippen molar-refractivity contribution in [2.24, 2.45) is 0 Å². The van der Waals surface area contributed by atoms with Gasteiger partial charge in [0, 0.05) is 13.1 Å². The van der Waals surface area contributed by atoms with Crippen LogP contribution in [0, 0.1) is 0 Å². The average molecular weight is 249 g/mol. The first-order valence-electron chi connectivity index (χ1n) is 6.69. The van der Waals surface area contributed by atoms with E-state index < -0.39 is 0 Å². The smallest absolute Gasteiger partial charge is 0.409 e. The highest BCUT2D eigenvalue weighted by atomic mass is 16.5. The Hall–Kier alpha value is -1.51.